The molecule has 6 nitrogen and oxygen atoms in total. The summed E-state index contributed by atoms with van der Waals surface area (Å²) in [6, 6.07) is 8.94. The summed E-state index contributed by atoms with van der Waals surface area (Å²) in [5.41, 5.74) is 1.60. The van der Waals surface area contributed by atoms with E-state index in [0.717, 1.165) is 40.2 Å². The summed E-state index contributed by atoms with van der Waals surface area (Å²) in [6.45, 7) is 1.72. The zero-order valence-corrected chi connectivity index (χ0v) is 15.9. The molecule has 1 saturated heterocycles. The van der Waals surface area contributed by atoms with E-state index in [9.17, 15) is 14.4 Å². The Morgan fingerprint density at radius 3 is 2.93 bits per heavy atom. The highest BCUT2D eigenvalue weighted by Crippen LogP contribution is 2.42. The quantitative estimate of drug-likeness (QED) is 0.797. The number of nitrogens with one attached hydrogen (secondary N) is 2. The van der Waals surface area contributed by atoms with Crippen LogP contribution in [-0.2, 0) is 28.0 Å². The van der Waals surface area contributed by atoms with Crippen molar-refractivity contribution in [2.45, 2.75) is 38.1 Å². The molecular weight excluding hydrogens is 362 g/mol. The van der Waals surface area contributed by atoms with Crippen molar-refractivity contribution in [3.8, 4) is 0 Å². The summed E-state index contributed by atoms with van der Waals surface area (Å²) >= 11 is 1.61. The van der Waals surface area contributed by atoms with Crippen LogP contribution in [0.25, 0.3) is 0 Å². The van der Waals surface area contributed by atoms with Gasteiger partial charge in [0.05, 0.1) is 0 Å². The number of benzene rings is 1. The second-order valence-electron chi connectivity index (χ2n) is 6.90. The number of aryl methyl sites for hydroxylation is 2. The van der Waals surface area contributed by atoms with E-state index in [1.54, 1.807) is 11.3 Å². The molecule has 1 aliphatic carbocycles. The second kappa shape index (κ2) is 6.81. The standard InChI is InChI=1S/C20H21N3O3S/c1-2-13-6-3-4-7-15(13)21-17(24)12-23-18(25)20(22-19(23)26)10-5-8-16-14(20)9-11-27-16/h3-4,6-7,9,11H,2,5,8,10,12H2,1H3,(H,21,24)(H,22,26)/t20-/m0/s1. The van der Waals surface area contributed by atoms with Crippen molar-refractivity contribution in [1.29, 1.82) is 0 Å². The average Bonchev–Trinajstić information content (AvgIpc) is 3.23. The number of urea groups is 1. The molecule has 1 aromatic heterocycles. The Kier molecular flexibility index (Phi) is 4.47. The highest BCUT2D eigenvalue weighted by molar-refractivity contribution is 7.10. The zero-order valence-electron chi connectivity index (χ0n) is 15.1. The number of thiophene rings is 1. The molecule has 4 rings (SSSR count). The second-order valence-corrected chi connectivity index (χ2v) is 7.90. The van der Waals surface area contributed by atoms with Gasteiger partial charge in [0, 0.05) is 16.1 Å². The molecule has 0 unspecified atom stereocenters. The van der Waals surface area contributed by atoms with Crippen molar-refractivity contribution in [3.05, 3.63) is 51.7 Å². The fraction of sp³-hybridized carbons (Fsp3) is 0.350. The molecular formula is C20H21N3O3S. The van der Waals surface area contributed by atoms with Gasteiger partial charge in [0.2, 0.25) is 5.91 Å². The summed E-state index contributed by atoms with van der Waals surface area (Å²) in [6.07, 6.45) is 3.11. The lowest BCUT2D eigenvalue weighted by atomic mass is 9.80. The normalized spacial score (nSPS) is 21.3. The van der Waals surface area contributed by atoms with Crippen LogP contribution in [0.2, 0.25) is 0 Å². The predicted molar refractivity (Wildman–Crippen MR) is 104 cm³/mol. The molecule has 140 valence electrons. The molecule has 0 bridgehead atoms. The van der Waals surface area contributed by atoms with Crippen molar-refractivity contribution in [1.82, 2.24) is 10.2 Å². The molecule has 1 aromatic carbocycles. The van der Waals surface area contributed by atoms with E-state index in [2.05, 4.69) is 10.6 Å². The van der Waals surface area contributed by atoms with Gasteiger partial charge in [-0.05, 0) is 48.8 Å². The molecule has 0 saturated carbocycles. The number of anilines is 1. The molecule has 2 aliphatic rings. The van der Waals surface area contributed by atoms with Crippen LogP contribution >= 0.6 is 11.3 Å². The lowest BCUT2D eigenvalue weighted by Gasteiger charge is -2.31. The Bertz CT molecular complexity index is 923. The van der Waals surface area contributed by atoms with E-state index in [1.807, 2.05) is 42.6 Å². The maximum atomic E-state index is 13.1. The molecule has 0 radical (unpaired) electrons. The van der Waals surface area contributed by atoms with Crippen LogP contribution in [-0.4, -0.2) is 29.3 Å². The first-order valence-corrected chi connectivity index (χ1v) is 10.0. The van der Waals surface area contributed by atoms with Crippen molar-refractivity contribution in [3.63, 3.8) is 0 Å². The van der Waals surface area contributed by atoms with Crippen molar-refractivity contribution in [2.24, 2.45) is 0 Å². The number of imide groups is 1. The number of fused-ring (bicyclic) bond motifs is 2. The third kappa shape index (κ3) is 2.92. The first kappa shape index (κ1) is 17.7. The maximum Gasteiger partial charge on any atom is 0.325 e. The minimum Gasteiger partial charge on any atom is -0.324 e. The third-order valence-corrected chi connectivity index (χ3v) is 6.29. The van der Waals surface area contributed by atoms with Crippen LogP contribution in [0.4, 0.5) is 10.5 Å². The van der Waals surface area contributed by atoms with Gasteiger partial charge >= 0.3 is 6.03 Å². The molecule has 4 amide bonds. The van der Waals surface area contributed by atoms with E-state index in [1.165, 1.54) is 0 Å². The lowest BCUT2D eigenvalue weighted by Crippen LogP contribution is -2.46. The number of hydrogen-bond acceptors (Lipinski definition) is 4. The van der Waals surface area contributed by atoms with Crippen LogP contribution in [0.1, 0.15) is 35.8 Å². The first-order chi connectivity index (χ1) is 13.0. The van der Waals surface area contributed by atoms with E-state index in [4.69, 9.17) is 0 Å². The zero-order chi connectivity index (χ0) is 19.0. The van der Waals surface area contributed by atoms with E-state index in [0.29, 0.717) is 12.1 Å². The van der Waals surface area contributed by atoms with Crippen LogP contribution in [0, 0.1) is 0 Å². The van der Waals surface area contributed by atoms with Crippen molar-refractivity contribution < 1.29 is 14.4 Å². The van der Waals surface area contributed by atoms with Gasteiger partial charge in [-0.25, -0.2) is 4.79 Å². The molecule has 1 fully saturated rings. The van der Waals surface area contributed by atoms with Gasteiger partial charge < -0.3 is 10.6 Å². The van der Waals surface area contributed by atoms with E-state index < -0.39 is 11.6 Å². The molecule has 7 heteroatoms. The summed E-state index contributed by atoms with van der Waals surface area (Å²) < 4.78 is 0. The SMILES string of the molecule is CCc1ccccc1NC(=O)CN1C(=O)N[C@]2(CCCc3sccc32)C1=O. The van der Waals surface area contributed by atoms with Crippen LogP contribution in [0.15, 0.2) is 35.7 Å². The molecule has 1 spiro atoms. The number of para-hydroxylation sites is 1. The Balaban J connectivity index is 1.53. The van der Waals surface area contributed by atoms with Crippen molar-refractivity contribution >= 4 is 34.9 Å². The highest BCUT2D eigenvalue weighted by atomic mass is 32.1. The minimum absolute atomic E-state index is 0.288. The fourth-order valence-electron chi connectivity index (χ4n) is 3.97. The average molecular weight is 383 g/mol. The Morgan fingerprint density at radius 1 is 1.30 bits per heavy atom. The summed E-state index contributed by atoms with van der Waals surface area (Å²) in [4.78, 5) is 40.3. The monoisotopic (exact) mass is 383 g/mol. The smallest absolute Gasteiger partial charge is 0.324 e. The number of rotatable bonds is 4. The van der Waals surface area contributed by atoms with E-state index >= 15 is 0 Å². The topological polar surface area (TPSA) is 78.5 Å². The van der Waals surface area contributed by atoms with Gasteiger partial charge in [-0.15, -0.1) is 11.3 Å². The van der Waals surface area contributed by atoms with Gasteiger partial charge in [-0.2, -0.15) is 0 Å². The molecule has 2 aromatic rings. The number of hydrogen-bond donors (Lipinski definition) is 2. The van der Waals surface area contributed by atoms with Crippen LogP contribution in [0.5, 0.6) is 0 Å². The third-order valence-electron chi connectivity index (χ3n) is 5.31. The summed E-state index contributed by atoms with van der Waals surface area (Å²) in [5.74, 6) is -0.705. The highest BCUT2D eigenvalue weighted by Gasteiger charge is 2.54. The summed E-state index contributed by atoms with van der Waals surface area (Å²) in [5, 5.41) is 7.64. The van der Waals surface area contributed by atoms with Gasteiger partial charge in [-0.3, -0.25) is 14.5 Å². The summed E-state index contributed by atoms with van der Waals surface area (Å²) in [7, 11) is 0. The van der Waals surface area contributed by atoms with Gasteiger partial charge in [0.15, 0.2) is 0 Å². The Labute approximate surface area is 161 Å². The number of amides is 4. The van der Waals surface area contributed by atoms with Crippen LogP contribution in [0.3, 0.4) is 0 Å². The molecule has 2 N–H and O–H groups in total. The fourth-order valence-corrected chi connectivity index (χ4v) is 4.97. The first-order valence-electron chi connectivity index (χ1n) is 9.14. The van der Waals surface area contributed by atoms with Gasteiger partial charge in [-0.1, -0.05) is 25.1 Å². The Hall–Kier alpha value is -2.67. The number of carbonyl (C=O) groups is 3. The minimum atomic E-state index is -1.01. The predicted octanol–water partition coefficient (Wildman–Crippen LogP) is 3.03. The largest absolute Gasteiger partial charge is 0.325 e. The van der Waals surface area contributed by atoms with Gasteiger partial charge in [0.25, 0.3) is 5.91 Å². The van der Waals surface area contributed by atoms with Crippen LogP contribution < -0.4 is 10.6 Å². The van der Waals surface area contributed by atoms with Crippen molar-refractivity contribution in [2.75, 3.05) is 11.9 Å². The maximum absolute atomic E-state index is 13.1. The molecule has 27 heavy (non-hydrogen) atoms. The Morgan fingerprint density at radius 2 is 2.11 bits per heavy atom. The molecule has 1 atom stereocenters. The lowest BCUT2D eigenvalue weighted by molar-refractivity contribution is -0.134. The van der Waals surface area contributed by atoms with Gasteiger partial charge in [0.1, 0.15) is 12.1 Å². The molecule has 2 heterocycles. The van der Waals surface area contributed by atoms with E-state index in [-0.39, 0.29) is 18.4 Å². The number of carbonyl (C=O) groups excluding carboxylic acids is 3. The number of nitrogens with zero attached hydrogens (tertiary/aromatic N) is 1. The molecule has 1 aliphatic heterocycles.